The van der Waals surface area contributed by atoms with E-state index in [9.17, 15) is 58.2 Å². The van der Waals surface area contributed by atoms with Crippen LogP contribution in [0, 0.1) is 0 Å². The highest BCUT2D eigenvalue weighted by Crippen LogP contribution is 2.10. The Morgan fingerprint density at radius 2 is 0.729 bits per heavy atom. The van der Waals surface area contributed by atoms with Crippen LogP contribution >= 0.6 is 0 Å². The fourth-order valence-electron chi connectivity index (χ4n) is 7.18. The molecule has 0 aliphatic carbocycles. The van der Waals surface area contributed by atoms with Crippen molar-refractivity contribution in [2.75, 3.05) is 20.2 Å². The molecule has 0 bridgehead atoms. The van der Waals surface area contributed by atoms with Gasteiger partial charge in [0.15, 0.2) is 0 Å². The lowest BCUT2D eigenvalue weighted by atomic mass is 10.0. The topological polar surface area (TPSA) is 374 Å². The number of nitrogens with one attached hydrogen (secondary N) is 9. The van der Waals surface area contributed by atoms with Crippen molar-refractivity contribution in [1.82, 2.24) is 47.9 Å². The average Bonchev–Trinajstić information content (AvgIpc) is 3.32. The predicted octanol–water partition coefficient (Wildman–Crippen LogP) is -1.83. The van der Waals surface area contributed by atoms with Crippen LogP contribution in [0.15, 0.2) is 0 Å². The molecule has 9 amide bonds. The molecule has 0 rings (SSSR count). The number of hydrogen-bond donors (Lipinski definition) is 12. The molecule has 0 spiro atoms. The first-order chi connectivity index (χ1) is 33.3. The Morgan fingerprint density at radius 1 is 0.429 bits per heavy atom. The first-order valence-electron chi connectivity index (χ1n) is 25.2. The molecule has 0 radical (unpaired) electrons. The van der Waals surface area contributed by atoms with Gasteiger partial charge in [-0.2, -0.15) is 0 Å². The molecule has 402 valence electrons. The average molecular weight is 997 g/mol. The van der Waals surface area contributed by atoms with Crippen molar-refractivity contribution < 1.29 is 58.2 Å². The molecule has 0 aromatic carbocycles. The Labute approximate surface area is 413 Å². The maximum absolute atomic E-state index is 13.7. The van der Waals surface area contributed by atoms with Crippen molar-refractivity contribution in [3.05, 3.63) is 0 Å². The summed E-state index contributed by atoms with van der Waals surface area (Å²) in [5, 5.41) is 45.1. The van der Waals surface area contributed by atoms with Gasteiger partial charge in [0.1, 0.15) is 48.3 Å². The number of carboxylic acids is 1. The third-order valence-corrected chi connectivity index (χ3v) is 11.6. The van der Waals surface area contributed by atoms with Gasteiger partial charge in [-0.25, -0.2) is 0 Å². The Kier molecular flexibility index (Phi) is 34.5. The summed E-state index contributed by atoms with van der Waals surface area (Å²) < 4.78 is 0. The minimum absolute atomic E-state index is 0.0896. The molecule has 0 aliphatic heterocycles. The monoisotopic (exact) mass is 997 g/mol. The number of primary amides is 1. The minimum atomic E-state index is -1.61. The van der Waals surface area contributed by atoms with Crippen molar-refractivity contribution >= 4 is 59.1 Å². The number of aliphatic carboxylic acids is 1. The van der Waals surface area contributed by atoms with Gasteiger partial charge in [0.25, 0.3) is 0 Å². The Hall–Kier alpha value is -5.42. The number of amides is 9. The molecule has 23 nitrogen and oxygen atoms in total. The predicted molar refractivity (Wildman–Crippen MR) is 260 cm³/mol. The van der Waals surface area contributed by atoms with E-state index in [0.29, 0.717) is 83.6 Å². The summed E-state index contributed by atoms with van der Waals surface area (Å²) >= 11 is 0. The van der Waals surface area contributed by atoms with Gasteiger partial charge in [-0.1, -0.05) is 98.8 Å². The second kappa shape index (κ2) is 37.4. The van der Waals surface area contributed by atoms with Crippen LogP contribution in [0.5, 0.6) is 0 Å². The van der Waals surface area contributed by atoms with Crippen molar-refractivity contribution in [3.63, 3.8) is 0 Å². The summed E-state index contributed by atoms with van der Waals surface area (Å²) in [5.74, 6) is -8.61. The lowest BCUT2D eigenvalue weighted by molar-refractivity contribution is -0.306. The molecular formula is C47H86N11O12-. The normalized spacial score (nSPS) is 14.9. The minimum Gasteiger partial charge on any atom is -0.550 e. The molecule has 5 unspecified atom stereocenters. The zero-order valence-corrected chi connectivity index (χ0v) is 42.6. The third-order valence-electron chi connectivity index (χ3n) is 11.6. The summed E-state index contributed by atoms with van der Waals surface area (Å²) in [4.78, 5) is 132. The number of nitrogens with two attached hydrogens (primary N) is 2. The van der Waals surface area contributed by atoms with E-state index in [1.165, 1.54) is 6.92 Å². The van der Waals surface area contributed by atoms with Gasteiger partial charge < -0.3 is 74.3 Å². The van der Waals surface area contributed by atoms with Crippen LogP contribution in [0.3, 0.4) is 0 Å². The number of unbranched alkanes of at least 4 members (excludes halogenated alkanes) is 6. The van der Waals surface area contributed by atoms with E-state index < -0.39 is 127 Å². The molecular weight excluding hydrogens is 911 g/mol. The highest BCUT2D eigenvalue weighted by molar-refractivity contribution is 5.98. The van der Waals surface area contributed by atoms with Crippen LogP contribution < -0.4 is 64.4 Å². The number of hydrogen-bond acceptors (Lipinski definition) is 14. The standard InChI is InChI=1S/C47H87N11O12/c1-8-13-20-30(39(49)62)52-43(66)35(25-18-19-26-48)54-44(67)34(24-17-12-5)56-47(70)37(28-59)58-45(68)33(23-16-11-4)53-40(63)29(6)51-42(65)32(22-15-10-3)55-46(69)36(27-38(60)61)57-41(64)31(50-7)21-14-9-2/h29-37,50,59H,8-28,48H2,1-7H3,(H2,49,62)(H,51,65)(H,52,66)(H,53,63)(H,54,67)(H,55,69)(H,56,70)(H,57,64)(H,58,68)(H,60,61)/p-1/t29-,30?,31?,32?,33?,34?,35-,36-,37-/m0/s1. The van der Waals surface area contributed by atoms with E-state index in [4.69, 9.17) is 11.5 Å². The van der Waals surface area contributed by atoms with Gasteiger partial charge in [0.05, 0.1) is 12.6 Å². The van der Waals surface area contributed by atoms with Crippen LogP contribution in [-0.4, -0.2) is 139 Å². The molecule has 23 heteroatoms. The van der Waals surface area contributed by atoms with Gasteiger partial charge in [-0.15, -0.1) is 0 Å². The summed E-state index contributed by atoms with van der Waals surface area (Å²) in [6.07, 6.45) is 7.44. The molecule has 0 heterocycles. The lowest BCUT2D eigenvalue weighted by Crippen LogP contribution is -2.60. The molecule has 0 aliphatic rings. The molecule has 0 fully saturated rings. The van der Waals surface area contributed by atoms with Crippen molar-refractivity contribution in [3.8, 4) is 0 Å². The number of rotatable bonds is 40. The smallest absolute Gasteiger partial charge is 0.245 e. The lowest BCUT2D eigenvalue weighted by Gasteiger charge is -2.27. The second-order valence-corrected chi connectivity index (χ2v) is 17.7. The first-order valence-corrected chi connectivity index (χ1v) is 25.2. The third kappa shape index (κ3) is 26.0. The van der Waals surface area contributed by atoms with Gasteiger partial charge in [0, 0.05) is 12.4 Å². The van der Waals surface area contributed by atoms with E-state index in [1.807, 2.05) is 34.6 Å². The van der Waals surface area contributed by atoms with Gasteiger partial charge in [-0.3, -0.25) is 43.2 Å². The summed E-state index contributed by atoms with van der Waals surface area (Å²) in [6, 6.07) is -10.9. The van der Waals surface area contributed by atoms with Crippen LogP contribution in [0.4, 0.5) is 0 Å². The van der Waals surface area contributed by atoms with Crippen LogP contribution in [0.1, 0.15) is 164 Å². The number of likely N-dealkylation sites (N-methyl/N-ethyl adjacent to an activating group) is 1. The largest absolute Gasteiger partial charge is 0.550 e. The van der Waals surface area contributed by atoms with Crippen molar-refractivity contribution in [1.29, 1.82) is 0 Å². The molecule has 0 saturated heterocycles. The van der Waals surface area contributed by atoms with Gasteiger partial charge in [-0.05, 0) is 71.9 Å². The Bertz CT molecular complexity index is 1650. The number of carboxylic acid groups (broad SMARTS) is 1. The quantitative estimate of drug-likeness (QED) is 0.0301. The highest BCUT2D eigenvalue weighted by Gasteiger charge is 2.34. The number of carbonyl (C=O) groups excluding carboxylic acids is 10. The second-order valence-electron chi connectivity index (χ2n) is 17.7. The fourth-order valence-corrected chi connectivity index (χ4v) is 7.18. The van der Waals surface area contributed by atoms with Crippen molar-refractivity contribution in [2.24, 2.45) is 11.5 Å². The van der Waals surface area contributed by atoms with E-state index in [0.717, 1.165) is 12.8 Å². The van der Waals surface area contributed by atoms with E-state index >= 15 is 0 Å². The summed E-state index contributed by atoms with van der Waals surface area (Å²) in [5.41, 5.74) is 11.2. The maximum Gasteiger partial charge on any atom is 0.245 e. The first kappa shape index (κ1) is 64.6. The number of aliphatic hydroxyl groups excluding tert-OH is 1. The highest BCUT2D eigenvalue weighted by atomic mass is 16.4. The molecule has 0 aromatic heterocycles. The Balaban J connectivity index is 6.16. The number of aliphatic hydroxyl groups is 1. The van der Waals surface area contributed by atoms with Crippen molar-refractivity contribution in [2.45, 2.75) is 218 Å². The fraction of sp³-hybridized carbons (Fsp3) is 0.787. The zero-order chi connectivity index (χ0) is 53.2. The molecule has 0 aromatic rings. The number of carbonyl (C=O) groups is 10. The van der Waals surface area contributed by atoms with Gasteiger partial charge in [0.2, 0.25) is 53.2 Å². The summed E-state index contributed by atoms with van der Waals surface area (Å²) in [7, 11) is 1.56. The van der Waals surface area contributed by atoms with E-state index in [2.05, 4.69) is 47.9 Å². The zero-order valence-electron chi connectivity index (χ0n) is 42.6. The van der Waals surface area contributed by atoms with Crippen LogP contribution in [0.2, 0.25) is 0 Å². The summed E-state index contributed by atoms with van der Waals surface area (Å²) in [6.45, 7) is 10.2. The SMILES string of the molecule is CCCCC(NC(=O)[C@H](CCCCN)NC(=O)C(CCCC)NC(=O)[C@H](CO)NC(=O)C(CCCC)NC(=O)[C@H](C)NC(=O)C(CCCC)NC(=O)[C@H](CC(=O)[O-])NC(=O)C(CCCC)NC)C(N)=O. The molecule has 70 heavy (non-hydrogen) atoms. The maximum atomic E-state index is 13.7. The Morgan fingerprint density at radius 3 is 1.10 bits per heavy atom. The van der Waals surface area contributed by atoms with E-state index in [1.54, 1.807) is 7.05 Å². The van der Waals surface area contributed by atoms with Crippen LogP contribution in [0.25, 0.3) is 0 Å². The molecule has 14 N–H and O–H groups in total. The van der Waals surface area contributed by atoms with Gasteiger partial charge >= 0.3 is 0 Å². The van der Waals surface area contributed by atoms with Crippen LogP contribution in [-0.2, 0) is 47.9 Å². The molecule has 0 saturated carbocycles. The van der Waals surface area contributed by atoms with E-state index in [-0.39, 0.29) is 25.7 Å². The molecule has 9 atom stereocenters.